The normalized spacial score (nSPS) is 21.3. The van der Waals surface area contributed by atoms with Crippen LogP contribution in [0.4, 0.5) is 0 Å². The Balaban J connectivity index is 1.83. The highest BCUT2D eigenvalue weighted by Gasteiger charge is 2.28. The van der Waals surface area contributed by atoms with Crippen LogP contribution in [0.5, 0.6) is 0 Å². The lowest BCUT2D eigenvalue weighted by Crippen LogP contribution is -2.27. The Morgan fingerprint density at radius 3 is 3.13 bits per heavy atom. The van der Waals surface area contributed by atoms with Gasteiger partial charge >= 0.3 is 0 Å². The number of alkyl halides is 1. The fourth-order valence-corrected chi connectivity index (χ4v) is 2.06. The molecule has 1 aliphatic rings. The zero-order chi connectivity index (χ0) is 10.7. The topological polar surface area (TPSA) is 49.0 Å². The van der Waals surface area contributed by atoms with Gasteiger partial charge < -0.3 is 9.88 Å². The van der Waals surface area contributed by atoms with Crippen molar-refractivity contribution in [2.24, 2.45) is 5.92 Å². The summed E-state index contributed by atoms with van der Waals surface area (Å²) >= 11 is 5.74. The number of amides is 1. The van der Waals surface area contributed by atoms with Gasteiger partial charge in [-0.2, -0.15) is 0 Å². The number of H-pyrrole nitrogens is 1. The third kappa shape index (κ3) is 2.50. The minimum absolute atomic E-state index is 0.222. The van der Waals surface area contributed by atoms with E-state index in [4.69, 9.17) is 11.6 Å². The van der Waals surface area contributed by atoms with Crippen LogP contribution in [0, 0.1) is 5.92 Å². The van der Waals surface area contributed by atoms with Crippen molar-refractivity contribution in [1.29, 1.82) is 0 Å². The molecule has 1 amide bonds. The maximum atomic E-state index is 11.5. The standard InChI is InChI=1S/C10H14ClN3O/c11-4-8-3-10(15)14(6-8)2-1-9-5-12-7-13-9/h5,7-8H,1-4,6H2,(H,12,13). The number of rotatable bonds is 4. The van der Waals surface area contributed by atoms with Crippen LogP contribution in [0.25, 0.3) is 0 Å². The van der Waals surface area contributed by atoms with Crippen molar-refractivity contribution in [3.05, 3.63) is 18.2 Å². The maximum absolute atomic E-state index is 11.5. The van der Waals surface area contributed by atoms with Crippen molar-refractivity contribution in [3.63, 3.8) is 0 Å². The van der Waals surface area contributed by atoms with Gasteiger partial charge in [-0.1, -0.05) is 0 Å². The minimum Gasteiger partial charge on any atom is -0.348 e. The van der Waals surface area contributed by atoms with Gasteiger partial charge in [0.15, 0.2) is 0 Å². The number of hydrogen-bond donors (Lipinski definition) is 1. The maximum Gasteiger partial charge on any atom is 0.222 e. The molecule has 1 saturated heterocycles. The van der Waals surface area contributed by atoms with Gasteiger partial charge in [0.2, 0.25) is 5.91 Å². The van der Waals surface area contributed by atoms with Crippen LogP contribution in [0.2, 0.25) is 0 Å². The van der Waals surface area contributed by atoms with E-state index in [0.29, 0.717) is 18.2 Å². The van der Waals surface area contributed by atoms with Crippen LogP contribution >= 0.6 is 11.6 Å². The van der Waals surface area contributed by atoms with Crippen molar-refractivity contribution in [2.45, 2.75) is 12.8 Å². The molecule has 1 atom stereocenters. The highest BCUT2D eigenvalue weighted by molar-refractivity contribution is 6.18. The van der Waals surface area contributed by atoms with Crippen molar-refractivity contribution < 1.29 is 4.79 Å². The molecule has 0 bridgehead atoms. The summed E-state index contributed by atoms with van der Waals surface area (Å²) in [6.07, 6.45) is 4.88. The lowest BCUT2D eigenvalue weighted by atomic mass is 10.1. The summed E-state index contributed by atoms with van der Waals surface area (Å²) in [5.74, 6) is 1.13. The number of likely N-dealkylation sites (tertiary alicyclic amines) is 1. The number of imidazole rings is 1. The van der Waals surface area contributed by atoms with E-state index in [9.17, 15) is 4.79 Å². The first-order valence-corrected chi connectivity index (χ1v) is 5.64. The highest BCUT2D eigenvalue weighted by Crippen LogP contribution is 2.18. The predicted molar refractivity (Wildman–Crippen MR) is 57.7 cm³/mol. The zero-order valence-corrected chi connectivity index (χ0v) is 9.20. The molecule has 0 saturated carbocycles. The van der Waals surface area contributed by atoms with Crippen LogP contribution in [0.1, 0.15) is 12.1 Å². The van der Waals surface area contributed by atoms with Crippen molar-refractivity contribution >= 4 is 17.5 Å². The van der Waals surface area contributed by atoms with E-state index in [1.807, 2.05) is 4.90 Å². The van der Waals surface area contributed by atoms with Gasteiger partial charge in [-0.05, 0) is 5.92 Å². The van der Waals surface area contributed by atoms with E-state index in [2.05, 4.69) is 9.97 Å². The molecule has 2 rings (SSSR count). The fourth-order valence-electron chi connectivity index (χ4n) is 1.85. The molecule has 0 aliphatic carbocycles. The molecule has 0 aromatic carbocycles. The average molecular weight is 228 g/mol. The Hall–Kier alpha value is -1.03. The predicted octanol–water partition coefficient (Wildman–Crippen LogP) is 1.04. The van der Waals surface area contributed by atoms with Gasteiger partial charge in [-0.3, -0.25) is 4.79 Å². The molecule has 5 heteroatoms. The molecule has 4 nitrogen and oxygen atoms in total. The SMILES string of the molecule is O=C1CC(CCl)CN1CCc1cnc[nH]1. The summed E-state index contributed by atoms with van der Waals surface area (Å²) in [4.78, 5) is 20.4. The van der Waals surface area contributed by atoms with Crippen molar-refractivity contribution in [3.8, 4) is 0 Å². The largest absolute Gasteiger partial charge is 0.348 e. The van der Waals surface area contributed by atoms with Gasteiger partial charge in [0.1, 0.15) is 0 Å². The average Bonchev–Trinajstić information content (AvgIpc) is 2.84. The second kappa shape index (κ2) is 4.66. The molecule has 1 aliphatic heterocycles. The number of aromatic nitrogens is 2. The smallest absolute Gasteiger partial charge is 0.222 e. The Labute approximate surface area is 93.6 Å². The van der Waals surface area contributed by atoms with Gasteiger partial charge in [0.05, 0.1) is 6.33 Å². The van der Waals surface area contributed by atoms with Crippen LogP contribution in [0.3, 0.4) is 0 Å². The lowest BCUT2D eigenvalue weighted by molar-refractivity contribution is -0.127. The summed E-state index contributed by atoms with van der Waals surface area (Å²) < 4.78 is 0. The van der Waals surface area contributed by atoms with E-state index in [-0.39, 0.29) is 5.91 Å². The van der Waals surface area contributed by atoms with E-state index in [0.717, 1.165) is 25.2 Å². The molecule has 82 valence electrons. The molecule has 0 radical (unpaired) electrons. The zero-order valence-electron chi connectivity index (χ0n) is 8.45. The Morgan fingerprint density at radius 2 is 2.53 bits per heavy atom. The van der Waals surface area contributed by atoms with Crippen LogP contribution in [-0.4, -0.2) is 39.7 Å². The number of aromatic amines is 1. The molecule has 1 fully saturated rings. The number of carbonyl (C=O) groups is 1. The summed E-state index contributed by atoms with van der Waals surface area (Å²) in [6, 6.07) is 0. The summed E-state index contributed by atoms with van der Waals surface area (Å²) in [5.41, 5.74) is 1.07. The summed E-state index contributed by atoms with van der Waals surface area (Å²) in [6.45, 7) is 1.56. The Bertz CT molecular complexity index is 325. The third-order valence-electron chi connectivity index (χ3n) is 2.72. The van der Waals surface area contributed by atoms with Crippen LogP contribution < -0.4 is 0 Å². The van der Waals surface area contributed by atoms with Gasteiger partial charge in [-0.15, -0.1) is 11.6 Å². The molecule has 0 spiro atoms. The molecule has 1 aromatic heterocycles. The van der Waals surface area contributed by atoms with E-state index >= 15 is 0 Å². The number of carbonyl (C=O) groups excluding carboxylic acids is 1. The lowest BCUT2D eigenvalue weighted by Gasteiger charge is -2.15. The van der Waals surface area contributed by atoms with Gasteiger partial charge in [0, 0.05) is 43.7 Å². The number of hydrogen-bond acceptors (Lipinski definition) is 2. The number of nitrogens with one attached hydrogen (secondary N) is 1. The second-order valence-electron chi connectivity index (χ2n) is 3.89. The Morgan fingerprint density at radius 1 is 1.67 bits per heavy atom. The van der Waals surface area contributed by atoms with Crippen LogP contribution in [0.15, 0.2) is 12.5 Å². The van der Waals surface area contributed by atoms with E-state index in [1.54, 1.807) is 12.5 Å². The molecule has 1 aromatic rings. The summed E-state index contributed by atoms with van der Waals surface area (Å²) in [5, 5.41) is 0. The highest BCUT2D eigenvalue weighted by atomic mass is 35.5. The molecular formula is C10H14ClN3O. The Kier molecular flexibility index (Phi) is 3.26. The minimum atomic E-state index is 0.222. The molecular weight excluding hydrogens is 214 g/mol. The quantitative estimate of drug-likeness (QED) is 0.782. The molecule has 2 heterocycles. The number of nitrogens with zero attached hydrogens (tertiary/aromatic N) is 2. The molecule has 15 heavy (non-hydrogen) atoms. The van der Waals surface area contributed by atoms with Crippen molar-refractivity contribution in [1.82, 2.24) is 14.9 Å². The molecule has 1 N–H and O–H groups in total. The van der Waals surface area contributed by atoms with Crippen LogP contribution in [-0.2, 0) is 11.2 Å². The summed E-state index contributed by atoms with van der Waals surface area (Å²) in [7, 11) is 0. The van der Waals surface area contributed by atoms with Crippen molar-refractivity contribution in [2.75, 3.05) is 19.0 Å². The third-order valence-corrected chi connectivity index (χ3v) is 3.16. The van der Waals surface area contributed by atoms with Gasteiger partial charge in [0.25, 0.3) is 0 Å². The van der Waals surface area contributed by atoms with E-state index in [1.165, 1.54) is 0 Å². The first-order valence-electron chi connectivity index (χ1n) is 5.10. The van der Waals surface area contributed by atoms with E-state index < -0.39 is 0 Å². The first-order chi connectivity index (χ1) is 7.29. The molecule has 1 unspecified atom stereocenters. The van der Waals surface area contributed by atoms with Gasteiger partial charge in [-0.25, -0.2) is 4.98 Å². The number of halogens is 1. The first kappa shape index (κ1) is 10.5. The monoisotopic (exact) mass is 227 g/mol. The fraction of sp³-hybridized carbons (Fsp3) is 0.600. The second-order valence-corrected chi connectivity index (χ2v) is 4.20.